The minimum atomic E-state index is -0.588. The van der Waals surface area contributed by atoms with E-state index in [4.69, 9.17) is 5.73 Å². The highest BCUT2D eigenvalue weighted by atomic mass is 19.1. The Morgan fingerprint density at radius 2 is 1.81 bits per heavy atom. The van der Waals surface area contributed by atoms with E-state index < -0.39 is 11.7 Å². The number of carbonyl (C=O) groups is 1. The van der Waals surface area contributed by atoms with Gasteiger partial charge >= 0.3 is 0 Å². The van der Waals surface area contributed by atoms with Gasteiger partial charge in [-0.25, -0.2) is 9.37 Å². The largest absolute Gasteiger partial charge is 0.383 e. The molecule has 5 nitrogen and oxygen atoms in total. The van der Waals surface area contributed by atoms with E-state index in [0.29, 0.717) is 0 Å². The summed E-state index contributed by atoms with van der Waals surface area (Å²) >= 11 is 0. The van der Waals surface area contributed by atoms with Crippen LogP contribution >= 0.6 is 0 Å². The molecule has 2 heterocycles. The number of pyridine rings is 1. The quantitative estimate of drug-likeness (QED) is 0.575. The van der Waals surface area contributed by atoms with E-state index in [9.17, 15) is 9.18 Å². The molecule has 2 aromatic heterocycles. The molecule has 1 amide bonds. The van der Waals surface area contributed by atoms with Crippen LogP contribution in [0.2, 0.25) is 0 Å². The van der Waals surface area contributed by atoms with Crippen LogP contribution in [0.15, 0.2) is 66.7 Å². The Hall–Kier alpha value is -3.67. The Bertz CT molecular complexity index is 1170. The second-order valence-electron chi connectivity index (χ2n) is 6.21. The maximum absolute atomic E-state index is 13.7. The standard InChI is InChI=1S/C21H17FN4O/c1-26-17-9-5-2-6-13(17)12-18(26)15-10-11-19(24-20(15)23)25-21(27)14-7-3-4-8-16(14)22/h2-12H,1H3,(H3,23,24,25,27). The summed E-state index contributed by atoms with van der Waals surface area (Å²) in [5.41, 5.74) is 8.87. The van der Waals surface area contributed by atoms with Crippen molar-refractivity contribution in [1.29, 1.82) is 0 Å². The average molecular weight is 360 g/mol. The van der Waals surface area contributed by atoms with Gasteiger partial charge < -0.3 is 15.6 Å². The first-order chi connectivity index (χ1) is 13.0. The Labute approximate surface area is 155 Å². The number of halogens is 1. The number of hydrogen-bond donors (Lipinski definition) is 2. The van der Waals surface area contributed by atoms with Crippen molar-refractivity contribution in [2.75, 3.05) is 11.1 Å². The van der Waals surface area contributed by atoms with E-state index >= 15 is 0 Å². The zero-order chi connectivity index (χ0) is 19.0. The van der Waals surface area contributed by atoms with Gasteiger partial charge in [-0.15, -0.1) is 0 Å². The summed E-state index contributed by atoms with van der Waals surface area (Å²) < 4.78 is 15.8. The van der Waals surface area contributed by atoms with Crippen molar-refractivity contribution in [3.63, 3.8) is 0 Å². The Balaban J connectivity index is 1.66. The summed E-state index contributed by atoms with van der Waals surface area (Å²) in [6, 6.07) is 19.3. The monoisotopic (exact) mass is 360 g/mol. The average Bonchev–Trinajstić information content (AvgIpc) is 2.99. The first kappa shape index (κ1) is 16.8. The fourth-order valence-corrected chi connectivity index (χ4v) is 3.14. The highest BCUT2D eigenvalue weighted by Crippen LogP contribution is 2.31. The number of fused-ring (bicyclic) bond motifs is 1. The molecule has 4 aromatic rings. The number of hydrogen-bond acceptors (Lipinski definition) is 3. The predicted octanol–water partition coefficient (Wildman–Crippen LogP) is 4.21. The number of nitrogens with zero attached hydrogens (tertiary/aromatic N) is 2. The zero-order valence-electron chi connectivity index (χ0n) is 14.6. The summed E-state index contributed by atoms with van der Waals surface area (Å²) in [7, 11) is 1.96. The molecule has 0 unspecified atom stereocenters. The van der Waals surface area contributed by atoms with E-state index in [0.717, 1.165) is 22.2 Å². The fourth-order valence-electron chi connectivity index (χ4n) is 3.14. The number of nitrogens with two attached hydrogens (primary N) is 1. The van der Waals surface area contributed by atoms with Gasteiger partial charge in [-0.1, -0.05) is 30.3 Å². The molecule has 27 heavy (non-hydrogen) atoms. The molecule has 0 fully saturated rings. The van der Waals surface area contributed by atoms with Gasteiger partial charge in [0.25, 0.3) is 5.91 Å². The third-order valence-corrected chi connectivity index (χ3v) is 4.51. The third kappa shape index (κ3) is 3.01. The van der Waals surface area contributed by atoms with Crippen LogP contribution in [0.5, 0.6) is 0 Å². The van der Waals surface area contributed by atoms with Gasteiger partial charge in [0.05, 0.1) is 11.3 Å². The maximum atomic E-state index is 13.7. The molecule has 4 rings (SSSR count). The molecule has 0 aliphatic carbocycles. The Morgan fingerprint density at radius 3 is 2.56 bits per heavy atom. The van der Waals surface area contributed by atoms with Crippen molar-refractivity contribution in [2.24, 2.45) is 7.05 Å². The van der Waals surface area contributed by atoms with Crippen LogP contribution in [0.25, 0.3) is 22.2 Å². The van der Waals surface area contributed by atoms with Gasteiger partial charge in [0.1, 0.15) is 17.5 Å². The molecule has 2 aromatic carbocycles. The second kappa shape index (κ2) is 6.57. The number of rotatable bonds is 3. The van der Waals surface area contributed by atoms with Gasteiger partial charge in [0.15, 0.2) is 0 Å². The minimum Gasteiger partial charge on any atom is -0.383 e. The smallest absolute Gasteiger partial charge is 0.259 e. The molecule has 0 spiro atoms. The molecule has 6 heteroatoms. The van der Waals surface area contributed by atoms with E-state index in [-0.39, 0.29) is 17.2 Å². The lowest BCUT2D eigenvalue weighted by molar-refractivity contribution is 0.102. The lowest BCUT2D eigenvalue weighted by Crippen LogP contribution is -2.15. The van der Waals surface area contributed by atoms with Crippen LogP contribution in [-0.4, -0.2) is 15.5 Å². The third-order valence-electron chi connectivity index (χ3n) is 4.51. The van der Waals surface area contributed by atoms with Crippen LogP contribution in [0.1, 0.15) is 10.4 Å². The number of amides is 1. The summed E-state index contributed by atoms with van der Waals surface area (Å²) in [4.78, 5) is 16.5. The van der Waals surface area contributed by atoms with Crippen LogP contribution in [-0.2, 0) is 7.05 Å². The number of anilines is 2. The molecule has 0 atom stereocenters. The molecule has 134 valence electrons. The van der Waals surface area contributed by atoms with Crippen LogP contribution < -0.4 is 11.1 Å². The molecule has 0 saturated carbocycles. The highest BCUT2D eigenvalue weighted by Gasteiger charge is 2.14. The molecular formula is C21H17FN4O. The molecule has 0 aliphatic heterocycles. The van der Waals surface area contributed by atoms with Crippen molar-refractivity contribution < 1.29 is 9.18 Å². The topological polar surface area (TPSA) is 72.9 Å². The van der Waals surface area contributed by atoms with Crippen molar-refractivity contribution >= 4 is 28.4 Å². The van der Waals surface area contributed by atoms with E-state index in [1.165, 1.54) is 18.2 Å². The van der Waals surface area contributed by atoms with Gasteiger partial charge in [-0.3, -0.25) is 4.79 Å². The number of benzene rings is 2. The Morgan fingerprint density at radius 1 is 1.07 bits per heavy atom. The van der Waals surface area contributed by atoms with Crippen LogP contribution in [0.4, 0.5) is 16.0 Å². The summed E-state index contributed by atoms with van der Waals surface area (Å²) in [5, 5.41) is 3.69. The number of nitrogen functional groups attached to an aromatic ring is 1. The second-order valence-corrected chi connectivity index (χ2v) is 6.21. The van der Waals surface area contributed by atoms with Gasteiger partial charge in [0.2, 0.25) is 0 Å². The highest BCUT2D eigenvalue weighted by molar-refractivity contribution is 6.04. The summed E-state index contributed by atoms with van der Waals surface area (Å²) in [6.45, 7) is 0. The van der Waals surface area contributed by atoms with Crippen molar-refractivity contribution in [3.8, 4) is 11.3 Å². The van der Waals surface area contributed by atoms with Crippen LogP contribution in [0.3, 0.4) is 0 Å². The van der Waals surface area contributed by atoms with Crippen molar-refractivity contribution in [1.82, 2.24) is 9.55 Å². The number of nitrogens with one attached hydrogen (secondary N) is 1. The maximum Gasteiger partial charge on any atom is 0.259 e. The van der Waals surface area contributed by atoms with Crippen LogP contribution in [0, 0.1) is 5.82 Å². The van der Waals surface area contributed by atoms with Gasteiger partial charge in [-0.2, -0.15) is 0 Å². The molecule has 0 aliphatic rings. The normalized spacial score (nSPS) is 10.9. The first-order valence-electron chi connectivity index (χ1n) is 8.42. The molecule has 3 N–H and O–H groups in total. The number of aromatic nitrogens is 2. The number of para-hydroxylation sites is 1. The lowest BCUT2D eigenvalue weighted by Gasteiger charge is -2.10. The predicted molar refractivity (Wildman–Crippen MR) is 105 cm³/mol. The molecule has 0 radical (unpaired) electrons. The van der Waals surface area contributed by atoms with E-state index in [2.05, 4.69) is 10.3 Å². The fraction of sp³-hybridized carbons (Fsp3) is 0.0476. The Kier molecular flexibility index (Phi) is 4.08. The molecule has 0 saturated heterocycles. The van der Waals surface area contributed by atoms with E-state index in [1.807, 2.05) is 41.9 Å². The van der Waals surface area contributed by atoms with Crippen molar-refractivity contribution in [2.45, 2.75) is 0 Å². The SMILES string of the molecule is Cn1c(-c2ccc(NC(=O)c3ccccc3F)nc2N)cc2ccccc21. The molecule has 0 bridgehead atoms. The number of carbonyl (C=O) groups excluding carboxylic acids is 1. The lowest BCUT2D eigenvalue weighted by atomic mass is 10.1. The first-order valence-corrected chi connectivity index (χ1v) is 8.42. The summed E-state index contributed by atoms with van der Waals surface area (Å²) in [5.74, 6) is -0.608. The van der Waals surface area contributed by atoms with Crippen molar-refractivity contribution in [3.05, 3.63) is 78.1 Å². The number of aryl methyl sites for hydroxylation is 1. The molecular weight excluding hydrogens is 343 g/mol. The van der Waals surface area contributed by atoms with Gasteiger partial charge in [0, 0.05) is 23.5 Å². The zero-order valence-corrected chi connectivity index (χ0v) is 14.6. The minimum absolute atomic E-state index is 0.0457. The van der Waals surface area contributed by atoms with E-state index in [1.54, 1.807) is 18.2 Å². The summed E-state index contributed by atoms with van der Waals surface area (Å²) in [6.07, 6.45) is 0. The van der Waals surface area contributed by atoms with Gasteiger partial charge in [-0.05, 0) is 36.4 Å².